The van der Waals surface area contributed by atoms with E-state index in [-0.39, 0.29) is 12.0 Å². The molecule has 0 amide bonds. The van der Waals surface area contributed by atoms with E-state index in [4.69, 9.17) is 0 Å². The summed E-state index contributed by atoms with van der Waals surface area (Å²) in [5.74, 6) is -0.271. The summed E-state index contributed by atoms with van der Waals surface area (Å²) < 4.78 is 13.5. The molecule has 18 heavy (non-hydrogen) atoms. The number of halogens is 1. The fraction of sp³-hybridized carbons (Fsp3) is 0.0714. The summed E-state index contributed by atoms with van der Waals surface area (Å²) in [6, 6.07) is 12.1. The lowest BCUT2D eigenvalue weighted by molar-refractivity contribution is 0.112. The molecule has 1 heterocycles. The van der Waals surface area contributed by atoms with Crippen molar-refractivity contribution in [1.82, 2.24) is 0 Å². The van der Waals surface area contributed by atoms with E-state index in [2.05, 4.69) is 10.6 Å². The maximum Gasteiger partial charge on any atom is 0.150 e. The number of anilines is 2. The molecule has 3 nitrogen and oxygen atoms in total. The lowest BCUT2D eigenvalue weighted by Crippen LogP contribution is -2.12. The van der Waals surface area contributed by atoms with Crippen molar-refractivity contribution in [3.63, 3.8) is 0 Å². The minimum absolute atomic E-state index is 0.169. The molecule has 4 heteroatoms. The molecule has 1 aliphatic rings. The van der Waals surface area contributed by atoms with E-state index in [1.54, 1.807) is 18.2 Å². The number of rotatable bonds is 2. The Morgan fingerprint density at radius 2 is 1.83 bits per heavy atom. The van der Waals surface area contributed by atoms with Crippen LogP contribution in [0.3, 0.4) is 0 Å². The Morgan fingerprint density at radius 3 is 2.50 bits per heavy atom. The summed E-state index contributed by atoms with van der Waals surface area (Å²) in [6.07, 6.45) is 0.630. The average Bonchev–Trinajstić information content (AvgIpc) is 2.84. The van der Waals surface area contributed by atoms with Gasteiger partial charge in [-0.3, -0.25) is 4.79 Å². The smallest absolute Gasteiger partial charge is 0.150 e. The van der Waals surface area contributed by atoms with Gasteiger partial charge < -0.3 is 10.6 Å². The van der Waals surface area contributed by atoms with Crippen LogP contribution in [0.25, 0.3) is 0 Å². The van der Waals surface area contributed by atoms with E-state index in [0.29, 0.717) is 11.3 Å². The number of fused-ring (bicyclic) bond motifs is 1. The summed E-state index contributed by atoms with van der Waals surface area (Å²) >= 11 is 0. The summed E-state index contributed by atoms with van der Waals surface area (Å²) in [6.45, 7) is 0. The zero-order chi connectivity index (χ0) is 12.5. The fourth-order valence-corrected chi connectivity index (χ4v) is 2.06. The first-order valence-electron chi connectivity index (χ1n) is 5.64. The molecule has 0 spiro atoms. The molecule has 1 atom stereocenters. The van der Waals surface area contributed by atoms with Gasteiger partial charge in [0.1, 0.15) is 18.3 Å². The first-order valence-corrected chi connectivity index (χ1v) is 5.64. The van der Waals surface area contributed by atoms with E-state index in [9.17, 15) is 9.18 Å². The number of carbonyl (C=O) groups excluding carboxylic acids is 1. The van der Waals surface area contributed by atoms with Crippen molar-refractivity contribution in [3.05, 3.63) is 59.4 Å². The maximum atomic E-state index is 13.5. The van der Waals surface area contributed by atoms with Gasteiger partial charge in [-0.2, -0.15) is 0 Å². The summed E-state index contributed by atoms with van der Waals surface area (Å²) in [5, 5.41) is 6.27. The number of hydrogen-bond acceptors (Lipinski definition) is 3. The van der Waals surface area contributed by atoms with E-state index in [1.807, 2.05) is 18.2 Å². The van der Waals surface area contributed by atoms with Crippen LogP contribution >= 0.6 is 0 Å². The van der Waals surface area contributed by atoms with Crippen LogP contribution in [0.1, 0.15) is 22.1 Å². The van der Waals surface area contributed by atoms with Crippen LogP contribution in [0.5, 0.6) is 0 Å². The van der Waals surface area contributed by atoms with Crippen LogP contribution in [-0.2, 0) is 0 Å². The Morgan fingerprint density at radius 1 is 1.06 bits per heavy atom. The normalized spacial score (nSPS) is 16.6. The van der Waals surface area contributed by atoms with Crippen molar-refractivity contribution < 1.29 is 9.18 Å². The summed E-state index contributed by atoms with van der Waals surface area (Å²) in [5.41, 5.74) is 2.82. The van der Waals surface area contributed by atoms with Crippen molar-refractivity contribution in [2.24, 2.45) is 0 Å². The number of para-hydroxylation sites is 1. The Labute approximate surface area is 104 Å². The van der Waals surface area contributed by atoms with Gasteiger partial charge in [-0.05, 0) is 17.7 Å². The lowest BCUT2D eigenvalue weighted by Gasteiger charge is -2.12. The van der Waals surface area contributed by atoms with Gasteiger partial charge in [0.15, 0.2) is 0 Å². The molecule has 0 bridgehead atoms. The van der Waals surface area contributed by atoms with E-state index in [1.165, 1.54) is 6.07 Å². The third-order valence-corrected chi connectivity index (χ3v) is 3.01. The van der Waals surface area contributed by atoms with Gasteiger partial charge in [-0.25, -0.2) is 4.39 Å². The van der Waals surface area contributed by atoms with Crippen molar-refractivity contribution in [2.75, 3.05) is 10.6 Å². The quantitative estimate of drug-likeness (QED) is 0.795. The predicted octanol–water partition coefficient (Wildman–Crippen LogP) is 3.17. The topological polar surface area (TPSA) is 41.1 Å². The molecule has 0 saturated carbocycles. The average molecular weight is 242 g/mol. The van der Waals surface area contributed by atoms with Gasteiger partial charge in [0.2, 0.25) is 0 Å². The van der Waals surface area contributed by atoms with Gasteiger partial charge >= 0.3 is 0 Å². The molecule has 3 rings (SSSR count). The van der Waals surface area contributed by atoms with Crippen LogP contribution in [0.2, 0.25) is 0 Å². The molecular weight excluding hydrogens is 231 g/mol. The lowest BCUT2D eigenvalue weighted by atomic mass is 10.1. The second kappa shape index (κ2) is 4.14. The van der Waals surface area contributed by atoms with E-state index in [0.717, 1.165) is 17.5 Å². The Bertz CT molecular complexity index is 595. The minimum Gasteiger partial charge on any atom is -0.360 e. The van der Waals surface area contributed by atoms with Crippen LogP contribution < -0.4 is 10.6 Å². The molecule has 1 unspecified atom stereocenters. The molecule has 0 aliphatic carbocycles. The van der Waals surface area contributed by atoms with E-state index >= 15 is 0 Å². The number of carbonyl (C=O) groups is 1. The number of nitrogens with one attached hydrogen (secondary N) is 2. The predicted molar refractivity (Wildman–Crippen MR) is 68.2 cm³/mol. The second-order valence-electron chi connectivity index (χ2n) is 4.17. The highest BCUT2D eigenvalue weighted by Crippen LogP contribution is 2.36. The highest BCUT2D eigenvalue weighted by molar-refractivity contribution is 5.77. The molecule has 2 aromatic carbocycles. The molecule has 90 valence electrons. The van der Waals surface area contributed by atoms with Crippen LogP contribution in [0, 0.1) is 5.82 Å². The highest BCUT2D eigenvalue weighted by Gasteiger charge is 2.23. The van der Waals surface area contributed by atoms with Gasteiger partial charge in [-0.1, -0.05) is 30.3 Å². The highest BCUT2D eigenvalue weighted by atomic mass is 19.1. The van der Waals surface area contributed by atoms with Crippen molar-refractivity contribution in [1.29, 1.82) is 0 Å². The SMILES string of the molecule is O=Cc1ccc(C2Nc3cccc(F)c3N2)cc1. The van der Waals surface area contributed by atoms with Gasteiger partial charge in [-0.15, -0.1) is 0 Å². The Balaban J connectivity index is 1.89. The van der Waals surface area contributed by atoms with Gasteiger partial charge in [0, 0.05) is 5.56 Å². The molecule has 1 aliphatic heterocycles. The molecule has 0 radical (unpaired) electrons. The molecule has 2 N–H and O–H groups in total. The van der Waals surface area contributed by atoms with Gasteiger partial charge in [0.05, 0.1) is 11.4 Å². The molecule has 0 saturated heterocycles. The largest absolute Gasteiger partial charge is 0.360 e. The zero-order valence-corrected chi connectivity index (χ0v) is 9.48. The Kier molecular flexibility index (Phi) is 2.48. The summed E-state index contributed by atoms with van der Waals surface area (Å²) in [4.78, 5) is 10.6. The fourth-order valence-electron chi connectivity index (χ4n) is 2.06. The molecule has 0 fully saturated rings. The van der Waals surface area contributed by atoms with E-state index < -0.39 is 0 Å². The van der Waals surface area contributed by atoms with Crippen LogP contribution in [-0.4, -0.2) is 6.29 Å². The number of aldehydes is 1. The standard InChI is InChI=1S/C14H11FN2O/c15-11-2-1-3-12-13(11)17-14(16-12)10-6-4-9(8-18)5-7-10/h1-8,14,16-17H. The first kappa shape index (κ1) is 10.8. The first-order chi connectivity index (χ1) is 8.78. The Hall–Kier alpha value is -2.36. The zero-order valence-electron chi connectivity index (χ0n) is 9.48. The molecular formula is C14H11FN2O. The maximum absolute atomic E-state index is 13.5. The summed E-state index contributed by atoms with van der Waals surface area (Å²) in [7, 11) is 0. The van der Waals surface area contributed by atoms with Gasteiger partial charge in [0.25, 0.3) is 0 Å². The second-order valence-corrected chi connectivity index (χ2v) is 4.17. The van der Waals surface area contributed by atoms with Crippen molar-refractivity contribution in [3.8, 4) is 0 Å². The monoisotopic (exact) mass is 242 g/mol. The minimum atomic E-state index is -0.271. The molecule has 0 aromatic heterocycles. The number of benzene rings is 2. The van der Waals surface area contributed by atoms with Crippen LogP contribution in [0.15, 0.2) is 42.5 Å². The van der Waals surface area contributed by atoms with Crippen molar-refractivity contribution in [2.45, 2.75) is 6.17 Å². The molecule has 2 aromatic rings. The third-order valence-electron chi connectivity index (χ3n) is 3.01. The third kappa shape index (κ3) is 1.72. The van der Waals surface area contributed by atoms with Crippen LogP contribution in [0.4, 0.5) is 15.8 Å². The number of hydrogen-bond donors (Lipinski definition) is 2. The van der Waals surface area contributed by atoms with Crippen molar-refractivity contribution >= 4 is 17.7 Å².